The van der Waals surface area contributed by atoms with E-state index in [1.807, 2.05) is 11.8 Å². The van der Waals surface area contributed by atoms with Gasteiger partial charge in [0.1, 0.15) is 0 Å². The molecule has 0 amide bonds. The van der Waals surface area contributed by atoms with Crippen LogP contribution in [0.4, 0.5) is 5.69 Å². The monoisotopic (exact) mass is 254 g/mol. The van der Waals surface area contributed by atoms with Crippen LogP contribution in [-0.4, -0.2) is 22.5 Å². The lowest BCUT2D eigenvalue weighted by molar-refractivity contribution is -0.384. The van der Waals surface area contributed by atoms with Crippen LogP contribution < -0.4 is 5.32 Å². The molecule has 4 nitrogen and oxygen atoms in total. The molecule has 0 aromatic heterocycles. The summed E-state index contributed by atoms with van der Waals surface area (Å²) < 4.78 is 0.209. The van der Waals surface area contributed by atoms with Gasteiger partial charge in [-0.15, -0.1) is 0 Å². The van der Waals surface area contributed by atoms with Gasteiger partial charge < -0.3 is 5.32 Å². The lowest BCUT2D eigenvalue weighted by atomic mass is 10.2. The third-order valence-corrected chi connectivity index (χ3v) is 3.83. The first-order valence-corrected chi connectivity index (χ1v) is 6.66. The van der Waals surface area contributed by atoms with E-state index in [1.54, 1.807) is 12.1 Å². The highest BCUT2D eigenvalue weighted by Gasteiger charge is 2.14. The van der Waals surface area contributed by atoms with Crippen LogP contribution in [0.3, 0.4) is 0 Å². The second-order valence-electron chi connectivity index (χ2n) is 4.49. The lowest BCUT2D eigenvalue weighted by Crippen LogP contribution is -2.31. The van der Waals surface area contributed by atoms with E-state index in [0.717, 1.165) is 18.7 Å². The summed E-state index contributed by atoms with van der Waals surface area (Å²) in [6, 6.07) is 6.65. The number of nitro groups is 1. The predicted octanol–water partition coefficient (Wildman–Crippen LogP) is 2.83. The molecule has 0 unspecified atom stereocenters. The van der Waals surface area contributed by atoms with Gasteiger partial charge in [-0.3, -0.25) is 10.1 Å². The molecule has 1 aromatic rings. The van der Waals surface area contributed by atoms with E-state index in [0.29, 0.717) is 0 Å². The van der Waals surface area contributed by atoms with Crippen LogP contribution in [0, 0.1) is 10.1 Å². The molecule has 0 fully saturated rings. The Bertz CT molecular complexity index is 377. The van der Waals surface area contributed by atoms with Gasteiger partial charge in [0.05, 0.1) is 4.92 Å². The Hall–Kier alpha value is -1.07. The minimum atomic E-state index is -0.381. The molecule has 0 spiro atoms. The Morgan fingerprint density at radius 3 is 2.41 bits per heavy atom. The number of thioether (sulfide) groups is 1. The van der Waals surface area contributed by atoms with Gasteiger partial charge in [0.25, 0.3) is 5.69 Å². The van der Waals surface area contributed by atoms with Crippen molar-refractivity contribution in [1.82, 2.24) is 5.32 Å². The molecule has 0 saturated heterocycles. The number of hydrogen-bond acceptors (Lipinski definition) is 4. The summed E-state index contributed by atoms with van der Waals surface area (Å²) >= 11 is 1.82. The van der Waals surface area contributed by atoms with Gasteiger partial charge in [-0.05, 0) is 25.7 Å². The third kappa shape index (κ3) is 4.75. The van der Waals surface area contributed by atoms with Gasteiger partial charge in [0.15, 0.2) is 0 Å². The fourth-order valence-electron chi connectivity index (χ4n) is 1.32. The molecule has 0 aliphatic carbocycles. The Kier molecular flexibility index (Phi) is 4.96. The molecular formula is C12H18N2O2S. The molecule has 0 aliphatic rings. The van der Waals surface area contributed by atoms with E-state index >= 15 is 0 Å². The van der Waals surface area contributed by atoms with Crippen molar-refractivity contribution in [2.24, 2.45) is 0 Å². The van der Waals surface area contributed by atoms with Gasteiger partial charge in [-0.1, -0.05) is 12.1 Å². The van der Waals surface area contributed by atoms with Crippen molar-refractivity contribution in [2.75, 3.05) is 12.8 Å². The second-order valence-corrected chi connectivity index (χ2v) is 6.00. The van der Waals surface area contributed by atoms with Crippen LogP contribution in [0.1, 0.15) is 19.4 Å². The molecule has 1 rings (SSSR count). The predicted molar refractivity (Wildman–Crippen MR) is 72.4 cm³/mol. The van der Waals surface area contributed by atoms with Crippen LogP contribution in [0.25, 0.3) is 0 Å². The standard InChI is InChI=1S/C12H18N2O2S/c1-12(2,17-3)9-13-8-10-4-6-11(7-5-10)14(15)16/h4-7,13H,8-9H2,1-3H3. The van der Waals surface area contributed by atoms with Gasteiger partial charge in [0, 0.05) is 30.0 Å². The molecule has 0 bridgehead atoms. The summed E-state index contributed by atoms with van der Waals surface area (Å²) in [5.41, 5.74) is 1.20. The maximum absolute atomic E-state index is 10.5. The van der Waals surface area contributed by atoms with Crippen LogP contribution in [0.15, 0.2) is 24.3 Å². The number of hydrogen-bond donors (Lipinski definition) is 1. The summed E-state index contributed by atoms with van der Waals surface area (Å²) in [5, 5.41) is 13.8. The molecule has 1 aromatic carbocycles. The first-order chi connectivity index (χ1) is 7.94. The maximum atomic E-state index is 10.5. The summed E-state index contributed by atoms with van der Waals surface area (Å²) in [4.78, 5) is 10.1. The van der Waals surface area contributed by atoms with Crippen LogP contribution in [0.2, 0.25) is 0 Å². The van der Waals surface area contributed by atoms with E-state index in [2.05, 4.69) is 25.4 Å². The normalized spacial score (nSPS) is 11.5. The number of nitrogens with zero attached hydrogens (tertiary/aromatic N) is 1. The number of non-ortho nitro benzene ring substituents is 1. The quantitative estimate of drug-likeness (QED) is 0.626. The largest absolute Gasteiger partial charge is 0.311 e. The van der Waals surface area contributed by atoms with E-state index in [1.165, 1.54) is 12.1 Å². The second kappa shape index (κ2) is 6.02. The van der Waals surface area contributed by atoms with Crippen molar-refractivity contribution >= 4 is 17.4 Å². The zero-order chi connectivity index (χ0) is 12.9. The average Bonchev–Trinajstić information content (AvgIpc) is 2.29. The first-order valence-electron chi connectivity index (χ1n) is 5.44. The highest BCUT2D eigenvalue weighted by atomic mass is 32.2. The average molecular weight is 254 g/mol. The summed E-state index contributed by atoms with van der Waals surface area (Å²) in [6.45, 7) is 6.01. The van der Waals surface area contributed by atoms with Gasteiger partial charge in [-0.2, -0.15) is 11.8 Å². The highest BCUT2D eigenvalue weighted by molar-refractivity contribution is 7.99. The first kappa shape index (κ1) is 14.0. The molecule has 0 heterocycles. The van der Waals surface area contributed by atoms with Crippen LogP contribution in [0.5, 0.6) is 0 Å². The third-order valence-electron chi connectivity index (χ3n) is 2.58. The number of nitrogens with one attached hydrogen (secondary N) is 1. The molecule has 0 radical (unpaired) electrons. The van der Waals surface area contributed by atoms with Gasteiger partial charge in [-0.25, -0.2) is 0 Å². The molecule has 0 saturated carbocycles. The van der Waals surface area contributed by atoms with Crippen molar-refractivity contribution in [3.63, 3.8) is 0 Å². The Labute approximate surface area is 106 Å². The number of nitro benzene ring substituents is 1. The van der Waals surface area contributed by atoms with Crippen molar-refractivity contribution in [2.45, 2.75) is 25.1 Å². The zero-order valence-electron chi connectivity index (χ0n) is 10.4. The molecule has 1 N–H and O–H groups in total. The fourth-order valence-corrected chi connectivity index (χ4v) is 1.56. The van der Waals surface area contributed by atoms with Gasteiger partial charge in [0.2, 0.25) is 0 Å². The van der Waals surface area contributed by atoms with E-state index in [9.17, 15) is 10.1 Å². The molecule has 0 atom stereocenters. The smallest absolute Gasteiger partial charge is 0.269 e. The van der Waals surface area contributed by atoms with Crippen molar-refractivity contribution in [1.29, 1.82) is 0 Å². The SMILES string of the molecule is CSC(C)(C)CNCc1ccc([N+](=O)[O-])cc1. The lowest BCUT2D eigenvalue weighted by Gasteiger charge is -2.22. The molecule has 5 heteroatoms. The van der Waals surface area contributed by atoms with Crippen LogP contribution >= 0.6 is 11.8 Å². The Balaban J connectivity index is 2.45. The zero-order valence-corrected chi connectivity index (χ0v) is 11.2. The molecule has 94 valence electrons. The van der Waals surface area contributed by atoms with Crippen LogP contribution in [-0.2, 0) is 6.54 Å². The summed E-state index contributed by atoms with van der Waals surface area (Å²) in [6.07, 6.45) is 2.09. The van der Waals surface area contributed by atoms with Crippen molar-refractivity contribution < 1.29 is 4.92 Å². The minimum Gasteiger partial charge on any atom is -0.311 e. The summed E-state index contributed by atoms with van der Waals surface area (Å²) in [5.74, 6) is 0. The molecule has 0 aliphatic heterocycles. The van der Waals surface area contributed by atoms with E-state index in [4.69, 9.17) is 0 Å². The fraction of sp³-hybridized carbons (Fsp3) is 0.500. The topological polar surface area (TPSA) is 55.2 Å². The summed E-state index contributed by atoms with van der Waals surface area (Å²) in [7, 11) is 0. The Morgan fingerprint density at radius 2 is 1.94 bits per heavy atom. The van der Waals surface area contributed by atoms with E-state index in [-0.39, 0.29) is 15.4 Å². The highest BCUT2D eigenvalue weighted by Crippen LogP contribution is 2.19. The molecular weight excluding hydrogens is 236 g/mol. The minimum absolute atomic E-state index is 0.137. The Morgan fingerprint density at radius 1 is 1.35 bits per heavy atom. The maximum Gasteiger partial charge on any atom is 0.269 e. The number of rotatable bonds is 6. The molecule has 17 heavy (non-hydrogen) atoms. The van der Waals surface area contributed by atoms with Crippen molar-refractivity contribution in [3.05, 3.63) is 39.9 Å². The number of benzene rings is 1. The van der Waals surface area contributed by atoms with E-state index < -0.39 is 0 Å². The van der Waals surface area contributed by atoms with Gasteiger partial charge >= 0.3 is 0 Å². The van der Waals surface area contributed by atoms with Crippen molar-refractivity contribution in [3.8, 4) is 0 Å².